The maximum Gasteiger partial charge on any atom is 0.180 e. The number of ether oxygens (including phenoxy) is 1. The Morgan fingerprint density at radius 3 is 3.07 bits per heavy atom. The van der Waals surface area contributed by atoms with Crippen molar-refractivity contribution in [2.75, 3.05) is 11.9 Å². The number of aromatic nitrogens is 3. The molecule has 0 amide bonds. The Morgan fingerprint density at radius 2 is 2.07 bits per heavy atom. The third kappa shape index (κ3) is 2.86. The van der Waals surface area contributed by atoms with Gasteiger partial charge in [-0.1, -0.05) is 24.3 Å². The lowest BCUT2D eigenvalue weighted by Gasteiger charge is -2.18. The molecule has 3 heterocycles. The van der Waals surface area contributed by atoms with Crippen LogP contribution in [-0.2, 0) is 12.8 Å². The lowest BCUT2D eigenvalue weighted by atomic mass is 10.0. The number of aryl methyl sites for hydroxylation is 1. The molecule has 5 nitrogen and oxygen atoms in total. The summed E-state index contributed by atoms with van der Waals surface area (Å²) >= 11 is 0. The molecule has 0 saturated carbocycles. The summed E-state index contributed by atoms with van der Waals surface area (Å²) in [5, 5.41) is 3.48. The van der Waals surface area contributed by atoms with Crippen LogP contribution >= 0.6 is 0 Å². The summed E-state index contributed by atoms with van der Waals surface area (Å²) in [5.74, 6) is 1.74. The van der Waals surface area contributed by atoms with Gasteiger partial charge < -0.3 is 14.5 Å². The molecule has 1 aliphatic carbocycles. The van der Waals surface area contributed by atoms with Crippen molar-refractivity contribution in [3.8, 4) is 17.0 Å². The molecule has 6 rings (SSSR count). The molecule has 0 saturated heterocycles. The minimum absolute atomic E-state index is 0.753. The molecule has 2 aromatic heterocycles. The Bertz CT molecular complexity index is 1270. The topological polar surface area (TPSA) is 51.5 Å². The van der Waals surface area contributed by atoms with Crippen LogP contribution in [0.5, 0.6) is 5.75 Å². The fourth-order valence-corrected chi connectivity index (χ4v) is 4.15. The van der Waals surface area contributed by atoms with Crippen LogP contribution in [0.15, 0.2) is 61.1 Å². The molecule has 0 spiro atoms. The highest BCUT2D eigenvalue weighted by molar-refractivity contribution is 5.75. The molecule has 29 heavy (non-hydrogen) atoms. The van der Waals surface area contributed by atoms with Gasteiger partial charge in [0.2, 0.25) is 0 Å². The number of allylic oxidation sites excluding steroid dienone is 1. The Hall–Kier alpha value is -3.60. The zero-order chi connectivity index (χ0) is 19.2. The highest BCUT2D eigenvalue weighted by atomic mass is 16.5. The summed E-state index contributed by atoms with van der Waals surface area (Å²) in [4.78, 5) is 9.43. The fraction of sp³-hybridized carbons (Fsp3) is 0.167. The molecule has 142 valence electrons. The highest BCUT2D eigenvalue weighted by Crippen LogP contribution is 2.31. The van der Waals surface area contributed by atoms with Gasteiger partial charge in [-0.25, -0.2) is 9.97 Å². The van der Waals surface area contributed by atoms with E-state index in [2.05, 4.69) is 46.7 Å². The zero-order valence-corrected chi connectivity index (χ0v) is 15.9. The van der Waals surface area contributed by atoms with Crippen molar-refractivity contribution in [1.82, 2.24) is 14.4 Å². The number of benzene rings is 2. The van der Waals surface area contributed by atoms with Crippen LogP contribution in [0.25, 0.3) is 23.0 Å². The lowest BCUT2D eigenvalue weighted by molar-refractivity contribution is 0.288. The van der Waals surface area contributed by atoms with E-state index in [1.165, 1.54) is 16.7 Å². The zero-order valence-electron chi connectivity index (χ0n) is 15.9. The summed E-state index contributed by atoms with van der Waals surface area (Å²) in [6, 6.07) is 12.8. The molecule has 0 unspecified atom stereocenters. The molecule has 2 aromatic carbocycles. The van der Waals surface area contributed by atoms with Gasteiger partial charge in [0.25, 0.3) is 0 Å². The van der Waals surface area contributed by atoms with E-state index in [4.69, 9.17) is 9.72 Å². The van der Waals surface area contributed by atoms with E-state index in [0.29, 0.717) is 0 Å². The average molecular weight is 380 g/mol. The standard InChI is InChI=1S/C24H20N4O/c1-3-16-6-7-18(13-17(16)4-1)21-15-28-11-10-25-24(28)23(27-21)26-20-8-9-22-19(14-20)5-2-12-29-22/h1,3,6-11,13-15H,2,4-5,12H2,(H,26,27). The number of hydrogen-bond acceptors (Lipinski definition) is 4. The molecule has 1 N–H and O–H groups in total. The Morgan fingerprint density at radius 1 is 1.07 bits per heavy atom. The number of anilines is 2. The Labute approximate surface area is 168 Å². The molecule has 1 aliphatic heterocycles. The molecule has 0 fully saturated rings. The summed E-state index contributed by atoms with van der Waals surface area (Å²) in [6.45, 7) is 0.800. The van der Waals surface area contributed by atoms with E-state index < -0.39 is 0 Å². The van der Waals surface area contributed by atoms with Crippen molar-refractivity contribution in [2.24, 2.45) is 0 Å². The van der Waals surface area contributed by atoms with Gasteiger partial charge in [-0.2, -0.15) is 0 Å². The number of rotatable bonds is 3. The SMILES string of the molecule is C1=Cc2ccc(-c3cn4ccnc4c(Nc4ccc5c(c4)CCCO5)n3)cc2C1. The summed E-state index contributed by atoms with van der Waals surface area (Å²) in [5.41, 5.74) is 7.74. The largest absolute Gasteiger partial charge is 0.493 e. The van der Waals surface area contributed by atoms with E-state index in [1.807, 2.05) is 28.9 Å². The van der Waals surface area contributed by atoms with Crippen LogP contribution in [0.4, 0.5) is 11.5 Å². The first kappa shape index (κ1) is 16.4. The van der Waals surface area contributed by atoms with Crippen molar-refractivity contribution in [3.05, 3.63) is 77.8 Å². The van der Waals surface area contributed by atoms with Gasteiger partial charge in [-0.05, 0) is 60.2 Å². The van der Waals surface area contributed by atoms with Crippen LogP contribution in [0.1, 0.15) is 23.1 Å². The van der Waals surface area contributed by atoms with Crippen molar-refractivity contribution in [1.29, 1.82) is 0 Å². The van der Waals surface area contributed by atoms with E-state index in [1.54, 1.807) is 6.20 Å². The summed E-state index contributed by atoms with van der Waals surface area (Å²) < 4.78 is 7.76. The number of nitrogens with zero attached hydrogens (tertiary/aromatic N) is 3. The minimum Gasteiger partial charge on any atom is -0.493 e. The van der Waals surface area contributed by atoms with E-state index in [0.717, 1.165) is 60.0 Å². The third-order valence-corrected chi connectivity index (χ3v) is 5.62. The second-order valence-electron chi connectivity index (χ2n) is 7.55. The molecule has 5 heteroatoms. The van der Waals surface area contributed by atoms with Crippen molar-refractivity contribution in [3.63, 3.8) is 0 Å². The summed E-state index contributed by atoms with van der Waals surface area (Å²) in [7, 11) is 0. The second-order valence-corrected chi connectivity index (χ2v) is 7.55. The number of imidazole rings is 1. The predicted octanol–water partition coefficient (Wildman–Crippen LogP) is 5.03. The Kier molecular flexibility index (Phi) is 3.66. The molecular weight excluding hydrogens is 360 g/mol. The molecule has 2 aliphatic rings. The predicted molar refractivity (Wildman–Crippen MR) is 115 cm³/mol. The van der Waals surface area contributed by atoms with Gasteiger partial charge in [0.15, 0.2) is 11.5 Å². The minimum atomic E-state index is 0.753. The number of hydrogen-bond donors (Lipinski definition) is 1. The van der Waals surface area contributed by atoms with E-state index >= 15 is 0 Å². The third-order valence-electron chi connectivity index (χ3n) is 5.62. The van der Waals surface area contributed by atoms with Crippen molar-refractivity contribution < 1.29 is 4.74 Å². The van der Waals surface area contributed by atoms with Crippen LogP contribution in [-0.4, -0.2) is 21.0 Å². The summed E-state index contributed by atoms with van der Waals surface area (Å²) in [6.07, 6.45) is 13.3. The van der Waals surface area contributed by atoms with Gasteiger partial charge >= 0.3 is 0 Å². The van der Waals surface area contributed by atoms with Gasteiger partial charge in [0.1, 0.15) is 5.75 Å². The van der Waals surface area contributed by atoms with Gasteiger partial charge in [-0.3, -0.25) is 0 Å². The first-order valence-electron chi connectivity index (χ1n) is 10.00. The first-order chi connectivity index (χ1) is 14.3. The first-order valence-corrected chi connectivity index (χ1v) is 10.00. The van der Waals surface area contributed by atoms with Gasteiger partial charge in [-0.15, -0.1) is 0 Å². The monoisotopic (exact) mass is 380 g/mol. The average Bonchev–Trinajstić information content (AvgIpc) is 3.42. The molecule has 0 bridgehead atoms. The van der Waals surface area contributed by atoms with Crippen LogP contribution in [0.2, 0.25) is 0 Å². The number of nitrogens with one attached hydrogen (secondary N) is 1. The van der Waals surface area contributed by atoms with Crippen LogP contribution in [0.3, 0.4) is 0 Å². The molecule has 4 aromatic rings. The van der Waals surface area contributed by atoms with Crippen molar-refractivity contribution in [2.45, 2.75) is 19.3 Å². The van der Waals surface area contributed by atoms with Crippen LogP contribution in [0, 0.1) is 0 Å². The lowest BCUT2D eigenvalue weighted by Crippen LogP contribution is -2.08. The second kappa shape index (κ2) is 6.48. The van der Waals surface area contributed by atoms with Crippen LogP contribution < -0.4 is 10.1 Å². The van der Waals surface area contributed by atoms with E-state index in [-0.39, 0.29) is 0 Å². The van der Waals surface area contributed by atoms with Crippen molar-refractivity contribution >= 4 is 23.2 Å². The molecule has 0 radical (unpaired) electrons. The van der Waals surface area contributed by atoms with Gasteiger partial charge in [0.05, 0.1) is 12.3 Å². The van der Waals surface area contributed by atoms with Gasteiger partial charge in [0, 0.05) is 29.8 Å². The highest BCUT2D eigenvalue weighted by Gasteiger charge is 2.14. The smallest absolute Gasteiger partial charge is 0.180 e. The quantitative estimate of drug-likeness (QED) is 0.541. The maximum atomic E-state index is 5.73. The van der Waals surface area contributed by atoms with E-state index in [9.17, 15) is 0 Å². The number of fused-ring (bicyclic) bond motifs is 3. The molecule has 0 atom stereocenters. The maximum absolute atomic E-state index is 5.73. The molecular formula is C24H20N4O. The normalized spacial score (nSPS) is 14.5. The Balaban J connectivity index is 1.41. The fourth-order valence-electron chi connectivity index (χ4n) is 4.15.